The summed E-state index contributed by atoms with van der Waals surface area (Å²) in [6, 6.07) is 0. The van der Waals surface area contributed by atoms with Gasteiger partial charge in [0.05, 0.1) is 17.6 Å². The van der Waals surface area contributed by atoms with Gasteiger partial charge in [0.15, 0.2) is 0 Å². The molecule has 4 nitrogen and oxygen atoms in total. The van der Waals surface area contributed by atoms with Gasteiger partial charge in [0.2, 0.25) is 0 Å². The zero-order chi connectivity index (χ0) is 12.3. The van der Waals surface area contributed by atoms with Gasteiger partial charge in [-0.2, -0.15) is 0 Å². The number of imidazole rings is 1. The second kappa shape index (κ2) is 5.19. The molecule has 1 heterocycles. The lowest BCUT2D eigenvalue weighted by atomic mass is 9.79. The molecule has 1 aromatic rings. The van der Waals surface area contributed by atoms with Crippen LogP contribution in [0.4, 0.5) is 0 Å². The zero-order valence-corrected chi connectivity index (χ0v) is 10.8. The molecule has 0 radical (unpaired) electrons. The van der Waals surface area contributed by atoms with Crippen LogP contribution in [0.25, 0.3) is 0 Å². The molecule has 4 heteroatoms. The van der Waals surface area contributed by atoms with Crippen LogP contribution < -0.4 is 5.32 Å². The van der Waals surface area contributed by atoms with Crippen LogP contribution in [-0.2, 0) is 6.54 Å². The lowest BCUT2D eigenvalue weighted by molar-refractivity contribution is -0.0119. The highest BCUT2D eigenvalue weighted by Crippen LogP contribution is 2.31. The molecule has 1 aliphatic rings. The zero-order valence-electron chi connectivity index (χ0n) is 10.8. The van der Waals surface area contributed by atoms with Crippen molar-refractivity contribution in [2.45, 2.75) is 51.7 Å². The normalized spacial score (nSPS) is 29.5. The minimum atomic E-state index is -0.512. The van der Waals surface area contributed by atoms with Crippen LogP contribution in [0.2, 0.25) is 0 Å². The standard InChI is InChI=1S/C13H23N3O/c1-10-4-3-5-13(17,6-10)8-14-7-12-11(2)15-9-16-12/h9-10,14,17H,3-8H2,1-2H3,(H,15,16). The van der Waals surface area contributed by atoms with E-state index in [0.29, 0.717) is 12.5 Å². The lowest BCUT2D eigenvalue weighted by Crippen LogP contribution is -2.43. The third kappa shape index (κ3) is 3.30. The predicted octanol–water partition coefficient (Wildman–Crippen LogP) is 1.75. The summed E-state index contributed by atoms with van der Waals surface area (Å²) in [5, 5.41) is 13.8. The highest BCUT2D eigenvalue weighted by molar-refractivity contribution is 5.08. The van der Waals surface area contributed by atoms with Crippen LogP contribution in [0, 0.1) is 12.8 Å². The fraction of sp³-hybridized carbons (Fsp3) is 0.769. The van der Waals surface area contributed by atoms with E-state index < -0.39 is 5.60 Å². The Labute approximate surface area is 103 Å². The van der Waals surface area contributed by atoms with E-state index in [4.69, 9.17) is 0 Å². The molecule has 2 unspecified atom stereocenters. The van der Waals surface area contributed by atoms with Crippen molar-refractivity contribution in [3.05, 3.63) is 17.7 Å². The number of rotatable bonds is 4. The van der Waals surface area contributed by atoms with E-state index in [1.54, 1.807) is 6.33 Å². The third-order valence-electron chi connectivity index (χ3n) is 3.75. The molecule has 1 saturated carbocycles. The van der Waals surface area contributed by atoms with Gasteiger partial charge in [-0.1, -0.05) is 19.8 Å². The Morgan fingerprint density at radius 2 is 2.47 bits per heavy atom. The second-order valence-corrected chi connectivity index (χ2v) is 5.50. The molecule has 2 rings (SSSR count). The average Bonchev–Trinajstić information content (AvgIpc) is 2.64. The number of aromatic nitrogens is 2. The summed E-state index contributed by atoms with van der Waals surface area (Å²) in [4.78, 5) is 7.30. The maximum absolute atomic E-state index is 10.4. The Bertz CT molecular complexity index is 363. The Kier molecular flexibility index (Phi) is 3.84. The fourth-order valence-corrected chi connectivity index (χ4v) is 2.77. The van der Waals surface area contributed by atoms with Gasteiger partial charge < -0.3 is 15.4 Å². The van der Waals surface area contributed by atoms with E-state index >= 15 is 0 Å². The summed E-state index contributed by atoms with van der Waals surface area (Å²) in [5.41, 5.74) is 1.63. The van der Waals surface area contributed by atoms with Crippen molar-refractivity contribution < 1.29 is 5.11 Å². The van der Waals surface area contributed by atoms with Gasteiger partial charge >= 0.3 is 0 Å². The highest BCUT2D eigenvalue weighted by Gasteiger charge is 2.32. The first-order chi connectivity index (χ1) is 8.09. The second-order valence-electron chi connectivity index (χ2n) is 5.50. The Morgan fingerprint density at radius 1 is 1.65 bits per heavy atom. The molecule has 2 atom stereocenters. The topological polar surface area (TPSA) is 60.9 Å². The summed E-state index contributed by atoms with van der Waals surface area (Å²) in [6.07, 6.45) is 5.94. The molecule has 3 N–H and O–H groups in total. The van der Waals surface area contributed by atoms with Gasteiger partial charge in [0, 0.05) is 18.8 Å². The molecular formula is C13H23N3O. The van der Waals surface area contributed by atoms with E-state index in [1.165, 1.54) is 6.42 Å². The van der Waals surface area contributed by atoms with Gasteiger partial charge in [0.1, 0.15) is 0 Å². The molecule has 0 spiro atoms. The highest BCUT2D eigenvalue weighted by atomic mass is 16.3. The van der Waals surface area contributed by atoms with Crippen molar-refractivity contribution in [3.8, 4) is 0 Å². The first-order valence-electron chi connectivity index (χ1n) is 6.51. The Balaban J connectivity index is 1.79. The van der Waals surface area contributed by atoms with E-state index in [1.807, 2.05) is 6.92 Å². The number of hydrogen-bond acceptors (Lipinski definition) is 3. The maximum atomic E-state index is 10.4. The van der Waals surface area contributed by atoms with Crippen LogP contribution >= 0.6 is 0 Å². The van der Waals surface area contributed by atoms with Crippen molar-refractivity contribution in [2.75, 3.05) is 6.54 Å². The largest absolute Gasteiger partial charge is 0.389 e. The van der Waals surface area contributed by atoms with Crippen molar-refractivity contribution in [1.29, 1.82) is 0 Å². The molecule has 1 fully saturated rings. The molecule has 17 heavy (non-hydrogen) atoms. The minimum Gasteiger partial charge on any atom is -0.389 e. The van der Waals surface area contributed by atoms with Crippen LogP contribution in [0.15, 0.2) is 6.33 Å². The molecule has 96 valence electrons. The Morgan fingerprint density at radius 3 is 3.12 bits per heavy atom. The molecule has 0 bridgehead atoms. The SMILES string of the molecule is Cc1[nH]cnc1CNCC1(O)CCCC(C)C1. The van der Waals surface area contributed by atoms with E-state index in [0.717, 1.165) is 37.2 Å². The van der Waals surface area contributed by atoms with E-state index in [-0.39, 0.29) is 0 Å². The molecule has 0 aromatic carbocycles. The van der Waals surface area contributed by atoms with E-state index in [2.05, 4.69) is 22.2 Å². The van der Waals surface area contributed by atoms with Crippen LogP contribution in [0.1, 0.15) is 44.0 Å². The summed E-state index contributed by atoms with van der Waals surface area (Å²) in [5.74, 6) is 0.641. The quantitative estimate of drug-likeness (QED) is 0.747. The first-order valence-corrected chi connectivity index (χ1v) is 6.51. The molecular weight excluding hydrogens is 214 g/mol. The van der Waals surface area contributed by atoms with Gasteiger partial charge in [-0.3, -0.25) is 0 Å². The number of aryl methyl sites for hydroxylation is 1. The average molecular weight is 237 g/mol. The van der Waals surface area contributed by atoms with Crippen LogP contribution in [0.3, 0.4) is 0 Å². The van der Waals surface area contributed by atoms with Gasteiger partial charge in [0.25, 0.3) is 0 Å². The first kappa shape index (κ1) is 12.6. The summed E-state index contributed by atoms with van der Waals surface area (Å²) >= 11 is 0. The number of H-pyrrole nitrogens is 1. The van der Waals surface area contributed by atoms with E-state index in [9.17, 15) is 5.11 Å². The molecule has 0 amide bonds. The summed E-state index contributed by atoms with van der Waals surface area (Å²) < 4.78 is 0. The molecule has 1 aliphatic carbocycles. The van der Waals surface area contributed by atoms with Crippen molar-refractivity contribution >= 4 is 0 Å². The molecule has 1 aromatic heterocycles. The van der Waals surface area contributed by atoms with Gasteiger partial charge in [-0.15, -0.1) is 0 Å². The number of aliphatic hydroxyl groups is 1. The number of nitrogens with one attached hydrogen (secondary N) is 2. The Hall–Kier alpha value is -0.870. The fourth-order valence-electron chi connectivity index (χ4n) is 2.77. The number of hydrogen-bond donors (Lipinski definition) is 3. The smallest absolute Gasteiger partial charge is 0.0925 e. The summed E-state index contributed by atoms with van der Waals surface area (Å²) in [6.45, 7) is 5.64. The third-order valence-corrected chi connectivity index (χ3v) is 3.75. The minimum absolute atomic E-state index is 0.512. The molecule has 0 saturated heterocycles. The summed E-state index contributed by atoms with van der Waals surface area (Å²) in [7, 11) is 0. The maximum Gasteiger partial charge on any atom is 0.0925 e. The molecule has 0 aliphatic heterocycles. The number of nitrogens with zero attached hydrogens (tertiary/aromatic N) is 1. The van der Waals surface area contributed by atoms with Crippen molar-refractivity contribution in [3.63, 3.8) is 0 Å². The van der Waals surface area contributed by atoms with Crippen LogP contribution in [0.5, 0.6) is 0 Å². The monoisotopic (exact) mass is 237 g/mol. The lowest BCUT2D eigenvalue weighted by Gasteiger charge is -2.35. The predicted molar refractivity (Wildman–Crippen MR) is 67.6 cm³/mol. The van der Waals surface area contributed by atoms with Crippen molar-refractivity contribution in [1.82, 2.24) is 15.3 Å². The van der Waals surface area contributed by atoms with Gasteiger partial charge in [-0.25, -0.2) is 4.98 Å². The van der Waals surface area contributed by atoms with Gasteiger partial charge in [-0.05, 0) is 25.7 Å². The van der Waals surface area contributed by atoms with Crippen LogP contribution in [-0.4, -0.2) is 27.2 Å². The van der Waals surface area contributed by atoms with Crippen molar-refractivity contribution in [2.24, 2.45) is 5.92 Å². The number of aromatic amines is 1.